The van der Waals surface area contributed by atoms with Gasteiger partial charge in [0.25, 0.3) is 0 Å². The lowest BCUT2D eigenvalue weighted by atomic mass is 9.77. The number of allylic oxidation sites excluding steroid dienone is 2. The summed E-state index contributed by atoms with van der Waals surface area (Å²) in [4.78, 5) is 11.9. The molecule has 2 rings (SSSR count). The third kappa shape index (κ3) is 2.35. The van der Waals surface area contributed by atoms with Crippen molar-refractivity contribution < 1.29 is 22.7 Å². The minimum Gasteiger partial charge on any atom is -0.464 e. The van der Waals surface area contributed by atoms with E-state index < -0.39 is 23.6 Å². The number of fused-ring (bicyclic) bond motifs is 1. The van der Waals surface area contributed by atoms with Gasteiger partial charge in [0, 0.05) is 5.92 Å². The number of ether oxygens (including phenoxy) is 1. The lowest BCUT2D eigenvalue weighted by Gasteiger charge is -2.34. The Hall–Kier alpha value is -1.76. The Morgan fingerprint density at radius 1 is 1.48 bits per heavy atom. The first-order valence-electron chi connectivity index (χ1n) is 6.58. The van der Waals surface area contributed by atoms with Crippen LogP contribution >= 0.6 is 0 Å². The highest BCUT2D eigenvalue weighted by Crippen LogP contribution is 2.43. The van der Waals surface area contributed by atoms with Gasteiger partial charge in [0.15, 0.2) is 0 Å². The largest absolute Gasteiger partial charge is 0.464 e. The van der Waals surface area contributed by atoms with E-state index in [9.17, 15) is 18.0 Å². The fraction of sp³-hybridized carbons (Fsp3) is 0.500. The van der Waals surface area contributed by atoms with Gasteiger partial charge in [-0.2, -0.15) is 13.2 Å². The number of rotatable bonds is 3. The molecule has 0 saturated heterocycles. The van der Waals surface area contributed by atoms with E-state index in [1.54, 1.807) is 25.2 Å². The summed E-state index contributed by atoms with van der Waals surface area (Å²) in [5.74, 6) is -2.10. The van der Waals surface area contributed by atoms with Gasteiger partial charge >= 0.3 is 12.1 Å². The van der Waals surface area contributed by atoms with Crippen LogP contribution in [0.3, 0.4) is 0 Å². The summed E-state index contributed by atoms with van der Waals surface area (Å²) in [5.41, 5.74) is 3.02. The summed E-state index contributed by atoms with van der Waals surface area (Å²) >= 11 is 0. The number of hydrogen-bond acceptors (Lipinski definition) is 4. The highest BCUT2D eigenvalue weighted by molar-refractivity contribution is 5.86. The molecule has 7 heteroatoms. The number of hydrogen-bond donors (Lipinski definition) is 2. The van der Waals surface area contributed by atoms with E-state index in [4.69, 9.17) is 5.73 Å². The second kappa shape index (κ2) is 5.22. The van der Waals surface area contributed by atoms with Crippen LogP contribution in [-0.2, 0) is 9.53 Å². The molecule has 2 aliphatic rings. The van der Waals surface area contributed by atoms with Crippen LogP contribution in [0.1, 0.15) is 13.8 Å². The quantitative estimate of drug-likeness (QED) is 0.780. The Labute approximate surface area is 120 Å². The Balaban J connectivity index is 2.43. The monoisotopic (exact) mass is 302 g/mol. The summed E-state index contributed by atoms with van der Waals surface area (Å²) in [6.07, 6.45) is 1.33. The molecular formula is C14H17F3N2O2. The maximum atomic E-state index is 13.5. The first-order valence-corrected chi connectivity index (χ1v) is 6.58. The second-order valence-electron chi connectivity index (χ2n) is 5.09. The van der Waals surface area contributed by atoms with Crippen molar-refractivity contribution in [3.05, 3.63) is 35.6 Å². The first kappa shape index (κ1) is 15.6. The number of nitrogens with one attached hydrogen (secondary N) is 1. The smallest absolute Gasteiger partial charge is 0.421 e. The zero-order chi connectivity index (χ0) is 15.8. The Kier molecular flexibility index (Phi) is 3.88. The summed E-state index contributed by atoms with van der Waals surface area (Å²) in [5, 5.41) is 2.86. The van der Waals surface area contributed by atoms with Gasteiger partial charge in [-0.15, -0.1) is 0 Å². The highest BCUT2D eigenvalue weighted by Gasteiger charge is 2.63. The molecule has 0 aromatic rings. The molecule has 0 aromatic heterocycles. The van der Waals surface area contributed by atoms with E-state index >= 15 is 0 Å². The van der Waals surface area contributed by atoms with Crippen molar-refractivity contribution in [2.45, 2.75) is 31.6 Å². The molecule has 3 unspecified atom stereocenters. The molecule has 0 aromatic carbocycles. The molecular weight excluding hydrogens is 285 g/mol. The van der Waals surface area contributed by atoms with Gasteiger partial charge in [-0.05, 0) is 25.6 Å². The van der Waals surface area contributed by atoms with Crippen LogP contribution in [0.25, 0.3) is 0 Å². The lowest BCUT2D eigenvalue weighted by molar-refractivity contribution is -0.198. The van der Waals surface area contributed by atoms with Crippen molar-refractivity contribution in [3.8, 4) is 0 Å². The molecule has 1 heterocycles. The molecule has 3 N–H and O–H groups in total. The molecule has 0 bridgehead atoms. The van der Waals surface area contributed by atoms with E-state index in [0.717, 1.165) is 5.57 Å². The predicted octanol–water partition coefficient (Wildman–Crippen LogP) is 1.80. The topological polar surface area (TPSA) is 64.3 Å². The highest BCUT2D eigenvalue weighted by atomic mass is 19.4. The third-order valence-electron chi connectivity index (χ3n) is 3.80. The molecule has 116 valence electrons. The zero-order valence-corrected chi connectivity index (χ0v) is 11.7. The maximum absolute atomic E-state index is 13.5. The number of alkyl halides is 3. The van der Waals surface area contributed by atoms with E-state index in [1.807, 2.05) is 0 Å². The van der Waals surface area contributed by atoms with Gasteiger partial charge in [-0.1, -0.05) is 23.8 Å². The van der Waals surface area contributed by atoms with Crippen LogP contribution in [0.4, 0.5) is 13.2 Å². The zero-order valence-electron chi connectivity index (χ0n) is 11.7. The van der Waals surface area contributed by atoms with Crippen molar-refractivity contribution >= 4 is 5.97 Å². The summed E-state index contributed by atoms with van der Waals surface area (Å²) in [7, 11) is 0. The van der Waals surface area contributed by atoms with Crippen LogP contribution in [-0.4, -0.2) is 30.3 Å². The molecule has 0 radical (unpaired) electrons. The first-order chi connectivity index (χ1) is 9.73. The standard InChI is InChI=1S/C14H17F3N2O2/c1-3-21-12(20)13(18,14(15,16)17)10-7-19-11-8(2)5-4-6-9(10)11/h4-7,9,11,19H,3,18H2,1-2H3. The average Bonchev–Trinajstić information content (AvgIpc) is 2.82. The van der Waals surface area contributed by atoms with Crippen LogP contribution < -0.4 is 11.1 Å². The number of halogens is 3. The minimum absolute atomic E-state index is 0.169. The number of carbonyl (C=O) groups is 1. The molecule has 3 atom stereocenters. The third-order valence-corrected chi connectivity index (χ3v) is 3.80. The SMILES string of the molecule is CCOC(=O)C(N)(C1=CNC2C(C)=CC=CC12)C(F)(F)F. The second-order valence-corrected chi connectivity index (χ2v) is 5.09. The maximum Gasteiger partial charge on any atom is 0.421 e. The van der Waals surface area contributed by atoms with Crippen molar-refractivity contribution in [1.29, 1.82) is 0 Å². The van der Waals surface area contributed by atoms with Gasteiger partial charge < -0.3 is 15.8 Å². The van der Waals surface area contributed by atoms with Gasteiger partial charge in [-0.3, -0.25) is 0 Å². The molecule has 1 aliphatic heterocycles. The van der Waals surface area contributed by atoms with Gasteiger partial charge in [0.1, 0.15) is 0 Å². The fourth-order valence-electron chi connectivity index (χ4n) is 2.64. The summed E-state index contributed by atoms with van der Waals surface area (Å²) in [6, 6.07) is -0.315. The fourth-order valence-corrected chi connectivity index (χ4v) is 2.64. The predicted molar refractivity (Wildman–Crippen MR) is 71.0 cm³/mol. The van der Waals surface area contributed by atoms with Gasteiger partial charge in [0.2, 0.25) is 5.54 Å². The number of esters is 1. The van der Waals surface area contributed by atoms with E-state index in [-0.39, 0.29) is 18.2 Å². The molecule has 1 aliphatic carbocycles. The minimum atomic E-state index is -4.94. The van der Waals surface area contributed by atoms with Crippen LogP contribution in [0, 0.1) is 5.92 Å². The van der Waals surface area contributed by atoms with Gasteiger partial charge in [0.05, 0.1) is 12.6 Å². The van der Waals surface area contributed by atoms with E-state index in [1.165, 1.54) is 13.1 Å². The van der Waals surface area contributed by atoms with Crippen LogP contribution in [0.15, 0.2) is 35.6 Å². The molecule has 0 fully saturated rings. The van der Waals surface area contributed by atoms with Crippen molar-refractivity contribution in [2.75, 3.05) is 6.61 Å². The van der Waals surface area contributed by atoms with Crippen LogP contribution in [0.5, 0.6) is 0 Å². The Morgan fingerprint density at radius 2 is 2.14 bits per heavy atom. The molecule has 0 saturated carbocycles. The van der Waals surface area contributed by atoms with Crippen molar-refractivity contribution in [1.82, 2.24) is 5.32 Å². The van der Waals surface area contributed by atoms with E-state index in [2.05, 4.69) is 10.1 Å². The summed E-state index contributed by atoms with van der Waals surface area (Å²) in [6.45, 7) is 3.07. The average molecular weight is 302 g/mol. The molecule has 0 spiro atoms. The summed E-state index contributed by atoms with van der Waals surface area (Å²) < 4.78 is 44.9. The number of nitrogens with two attached hydrogens (primary N) is 1. The van der Waals surface area contributed by atoms with Crippen LogP contribution in [0.2, 0.25) is 0 Å². The Morgan fingerprint density at radius 3 is 2.71 bits per heavy atom. The molecule has 4 nitrogen and oxygen atoms in total. The van der Waals surface area contributed by atoms with Gasteiger partial charge in [-0.25, -0.2) is 4.79 Å². The lowest BCUT2D eigenvalue weighted by Crippen LogP contribution is -2.62. The number of carbonyl (C=O) groups excluding carboxylic acids is 1. The van der Waals surface area contributed by atoms with Crippen molar-refractivity contribution in [3.63, 3.8) is 0 Å². The normalized spacial score (nSPS) is 27.1. The van der Waals surface area contributed by atoms with E-state index in [0.29, 0.717) is 0 Å². The Bertz CT molecular complexity index is 537. The molecule has 0 amide bonds. The van der Waals surface area contributed by atoms with Crippen molar-refractivity contribution in [2.24, 2.45) is 11.7 Å². The molecule has 21 heavy (non-hydrogen) atoms.